The molecule has 0 aromatic heterocycles. The van der Waals surface area contributed by atoms with Crippen molar-refractivity contribution in [2.24, 2.45) is 5.73 Å². The average Bonchev–Trinajstić information content (AvgIpc) is 1.99. The summed E-state index contributed by atoms with van der Waals surface area (Å²) in [6, 6.07) is 4.92. The van der Waals surface area contributed by atoms with Gasteiger partial charge in [-0.15, -0.1) is 0 Å². The minimum Gasteiger partial charge on any atom is -0.330 e. The van der Waals surface area contributed by atoms with E-state index >= 15 is 0 Å². The van der Waals surface area contributed by atoms with Gasteiger partial charge in [0, 0.05) is 6.54 Å². The molecule has 0 saturated carbocycles. The molecule has 1 aromatic rings. The van der Waals surface area contributed by atoms with Crippen LogP contribution in [0.4, 0.5) is 13.2 Å². The van der Waals surface area contributed by atoms with E-state index in [0.29, 0.717) is 0 Å². The molecular weight excluding hydrogens is 203 g/mol. The van der Waals surface area contributed by atoms with Crippen LogP contribution in [0.25, 0.3) is 0 Å². The second-order valence-electron chi connectivity index (χ2n) is 3.75. The molecular formula is C11H14F3N. The zero-order valence-electron chi connectivity index (χ0n) is 8.73. The lowest BCUT2D eigenvalue weighted by Crippen LogP contribution is -2.28. The van der Waals surface area contributed by atoms with E-state index in [-0.39, 0.29) is 5.56 Å². The molecule has 84 valence electrons. The van der Waals surface area contributed by atoms with Gasteiger partial charge in [-0.2, -0.15) is 13.2 Å². The Morgan fingerprint density at radius 1 is 1.13 bits per heavy atom. The van der Waals surface area contributed by atoms with Gasteiger partial charge >= 0.3 is 6.18 Å². The fourth-order valence-corrected chi connectivity index (χ4v) is 1.67. The van der Waals surface area contributed by atoms with Crippen LogP contribution in [0.1, 0.15) is 22.6 Å². The number of benzene rings is 1. The number of nitrogens with two attached hydrogens (primary N) is 1. The van der Waals surface area contributed by atoms with Crippen LogP contribution in [-0.2, 0) is 0 Å². The largest absolute Gasteiger partial charge is 0.396 e. The molecule has 0 bridgehead atoms. The molecule has 0 saturated heterocycles. The summed E-state index contributed by atoms with van der Waals surface area (Å²) in [4.78, 5) is 0. The van der Waals surface area contributed by atoms with Gasteiger partial charge in [-0.25, -0.2) is 0 Å². The van der Waals surface area contributed by atoms with Crippen molar-refractivity contribution >= 4 is 0 Å². The Morgan fingerprint density at radius 3 is 1.93 bits per heavy atom. The quantitative estimate of drug-likeness (QED) is 0.809. The molecule has 2 N–H and O–H groups in total. The van der Waals surface area contributed by atoms with E-state index in [1.54, 1.807) is 13.8 Å². The summed E-state index contributed by atoms with van der Waals surface area (Å²) < 4.78 is 37.8. The standard InChI is InChI=1S/C11H14F3N/c1-7-3-8(2)5-9(4-7)10(6-15)11(12,13)14/h3-5,10H,6,15H2,1-2H3. The highest BCUT2D eigenvalue weighted by Crippen LogP contribution is 2.34. The summed E-state index contributed by atoms with van der Waals surface area (Å²) in [6.07, 6.45) is -4.27. The first kappa shape index (κ1) is 12.0. The predicted octanol–water partition coefficient (Wildman–Crippen LogP) is 2.91. The maximum absolute atomic E-state index is 12.6. The van der Waals surface area contributed by atoms with E-state index in [1.807, 2.05) is 6.07 Å². The van der Waals surface area contributed by atoms with E-state index in [4.69, 9.17) is 5.73 Å². The number of halogens is 3. The van der Waals surface area contributed by atoms with Gasteiger partial charge in [-0.1, -0.05) is 29.3 Å². The molecule has 0 amide bonds. The highest BCUT2D eigenvalue weighted by molar-refractivity contribution is 5.32. The predicted molar refractivity (Wildman–Crippen MR) is 53.8 cm³/mol. The first-order valence-electron chi connectivity index (χ1n) is 4.69. The molecule has 1 rings (SSSR count). The van der Waals surface area contributed by atoms with E-state index < -0.39 is 18.6 Å². The third kappa shape index (κ3) is 2.96. The molecule has 0 fully saturated rings. The van der Waals surface area contributed by atoms with Gasteiger partial charge in [0.05, 0.1) is 5.92 Å². The van der Waals surface area contributed by atoms with Gasteiger partial charge in [-0.3, -0.25) is 0 Å². The third-order valence-electron chi connectivity index (χ3n) is 2.28. The van der Waals surface area contributed by atoms with Crippen molar-refractivity contribution in [2.45, 2.75) is 25.9 Å². The molecule has 0 aliphatic heterocycles. The number of rotatable bonds is 2. The molecule has 1 aromatic carbocycles. The maximum atomic E-state index is 12.6. The van der Waals surface area contributed by atoms with Crippen LogP contribution in [0.5, 0.6) is 0 Å². The van der Waals surface area contributed by atoms with Crippen molar-refractivity contribution in [1.29, 1.82) is 0 Å². The van der Waals surface area contributed by atoms with Crippen molar-refractivity contribution in [3.05, 3.63) is 34.9 Å². The van der Waals surface area contributed by atoms with Crippen LogP contribution in [0, 0.1) is 13.8 Å². The lowest BCUT2D eigenvalue weighted by atomic mass is 9.95. The molecule has 0 heterocycles. The molecule has 0 aliphatic carbocycles. The van der Waals surface area contributed by atoms with E-state index in [1.165, 1.54) is 12.1 Å². The normalized spacial score (nSPS) is 14.0. The number of hydrogen-bond donors (Lipinski definition) is 1. The lowest BCUT2D eigenvalue weighted by Gasteiger charge is -2.19. The Labute approximate surface area is 87.1 Å². The average molecular weight is 217 g/mol. The Morgan fingerprint density at radius 2 is 1.60 bits per heavy atom. The SMILES string of the molecule is Cc1cc(C)cc(C(CN)C(F)(F)F)c1. The third-order valence-corrected chi connectivity index (χ3v) is 2.28. The van der Waals surface area contributed by atoms with Gasteiger partial charge in [0.1, 0.15) is 0 Å². The van der Waals surface area contributed by atoms with E-state index in [2.05, 4.69) is 0 Å². The summed E-state index contributed by atoms with van der Waals surface area (Å²) in [5, 5.41) is 0. The van der Waals surface area contributed by atoms with E-state index in [0.717, 1.165) is 11.1 Å². The minimum absolute atomic E-state index is 0.252. The number of hydrogen-bond acceptors (Lipinski definition) is 1. The van der Waals surface area contributed by atoms with Gasteiger partial charge in [-0.05, 0) is 19.4 Å². The topological polar surface area (TPSA) is 26.0 Å². The Hall–Kier alpha value is -1.03. The second kappa shape index (κ2) is 4.23. The molecule has 1 unspecified atom stereocenters. The van der Waals surface area contributed by atoms with Gasteiger partial charge in [0.25, 0.3) is 0 Å². The number of aryl methyl sites for hydroxylation is 2. The van der Waals surface area contributed by atoms with E-state index in [9.17, 15) is 13.2 Å². The maximum Gasteiger partial charge on any atom is 0.396 e. The summed E-state index contributed by atoms with van der Waals surface area (Å²) in [7, 11) is 0. The summed E-state index contributed by atoms with van der Waals surface area (Å²) >= 11 is 0. The Balaban J connectivity index is 3.13. The van der Waals surface area contributed by atoms with Crippen LogP contribution in [0.3, 0.4) is 0 Å². The van der Waals surface area contributed by atoms with Crippen molar-refractivity contribution in [1.82, 2.24) is 0 Å². The van der Waals surface area contributed by atoms with Gasteiger partial charge in [0.15, 0.2) is 0 Å². The first-order chi connectivity index (χ1) is 6.84. The minimum atomic E-state index is -4.27. The van der Waals surface area contributed by atoms with Crippen LogP contribution < -0.4 is 5.73 Å². The summed E-state index contributed by atoms with van der Waals surface area (Å²) in [5.41, 5.74) is 7.08. The van der Waals surface area contributed by atoms with Crippen molar-refractivity contribution < 1.29 is 13.2 Å². The smallest absolute Gasteiger partial charge is 0.330 e. The Kier molecular flexibility index (Phi) is 3.39. The van der Waals surface area contributed by atoms with Gasteiger partial charge < -0.3 is 5.73 Å². The highest BCUT2D eigenvalue weighted by Gasteiger charge is 2.39. The Bertz CT molecular complexity index is 324. The highest BCUT2D eigenvalue weighted by atomic mass is 19.4. The van der Waals surface area contributed by atoms with Crippen LogP contribution in [-0.4, -0.2) is 12.7 Å². The molecule has 1 atom stereocenters. The summed E-state index contributed by atoms with van der Waals surface area (Å²) in [5.74, 6) is -1.56. The first-order valence-corrected chi connectivity index (χ1v) is 4.69. The van der Waals surface area contributed by atoms with Gasteiger partial charge in [0.2, 0.25) is 0 Å². The lowest BCUT2D eigenvalue weighted by molar-refractivity contribution is -0.148. The van der Waals surface area contributed by atoms with Crippen LogP contribution in [0.15, 0.2) is 18.2 Å². The van der Waals surface area contributed by atoms with Crippen molar-refractivity contribution in [3.8, 4) is 0 Å². The molecule has 0 spiro atoms. The second-order valence-corrected chi connectivity index (χ2v) is 3.75. The fraction of sp³-hybridized carbons (Fsp3) is 0.455. The molecule has 4 heteroatoms. The summed E-state index contributed by atoms with van der Waals surface area (Å²) in [6.45, 7) is 3.15. The number of alkyl halides is 3. The fourth-order valence-electron chi connectivity index (χ4n) is 1.67. The molecule has 1 nitrogen and oxygen atoms in total. The zero-order chi connectivity index (χ0) is 11.6. The van der Waals surface area contributed by atoms with Crippen LogP contribution >= 0.6 is 0 Å². The molecule has 0 aliphatic rings. The molecule has 0 radical (unpaired) electrons. The van der Waals surface area contributed by atoms with Crippen molar-refractivity contribution in [2.75, 3.05) is 6.54 Å². The zero-order valence-corrected chi connectivity index (χ0v) is 8.73. The van der Waals surface area contributed by atoms with Crippen LogP contribution in [0.2, 0.25) is 0 Å². The monoisotopic (exact) mass is 217 g/mol. The molecule has 15 heavy (non-hydrogen) atoms. The van der Waals surface area contributed by atoms with Crippen molar-refractivity contribution in [3.63, 3.8) is 0 Å².